The van der Waals surface area contributed by atoms with E-state index in [1.165, 1.54) is 0 Å². The molecule has 2 fully saturated rings. The van der Waals surface area contributed by atoms with Crippen molar-refractivity contribution in [3.63, 3.8) is 0 Å². The second-order valence-corrected chi connectivity index (χ2v) is 8.14. The number of urea groups is 1. The summed E-state index contributed by atoms with van der Waals surface area (Å²) < 4.78 is 98.3. The Hall–Kier alpha value is -2.04. The lowest BCUT2D eigenvalue weighted by molar-refractivity contribution is -0.348. The van der Waals surface area contributed by atoms with Crippen LogP contribution in [0.3, 0.4) is 0 Å². The van der Waals surface area contributed by atoms with Gasteiger partial charge in [-0.15, -0.1) is 0 Å². The van der Waals surface area contributed by atoms with Crippen LogP contribution in [0, 0.1) is 0 Å². The van der Waals surface area contributed by atoms with Gasteiger partial charge in [-0.25, -0.2) is 9.18 Å². The topological polar surface area (TPSA) is 32.8 Å². The summed E-state index contributed by atoms with van der Waals surface area (Å²) in [5.74, 6) is -0.200. The van der Waals surface area contributed by atoms with Crippen LogP contribution in [-0.4, -0.2) is 67.1 Å². The summed E-state index contributed by atoms with van der Waals surface area (Å²) >= 11 is 0. The van der Waals surface area contributed by atoms with Gasteiger partial charge in [0.2, 0.25) is 0 Å². The molecule has 0 radical (unpaired) electrons. The zero-order chi connectivity index (χ0) is 22.6. The van der Waals surface area contributed by atoms with Crippen molar-refractivity contribution in [1.29, 1.82) is 0 Å². The first-order valence-electron chi connectivity index (χ1n) is 10.0. The second-order valence-electron chi connectivity index (χ2n) is 8.14. The first-order valence-corrected chi connectivity index (χ1v) is 10.0. The number of amides is 2. The van der Waals surface area contributed by atoms with E-state index in [2.05, 4.69) is 0 Å². The predicted molar refractivity (Wildman–Crippen MR) is 95.3 cm³/mol. The highest BCUT2D eigenvalue weighted by Crippen LogP contribution is 2.54. The number of alkyl halides is 7. The quantitative estimate of drug-likeness (QED) is 0.585. The average molecular weight is 454 g/mol. The molecule has 1 aromatic carbocycles. The lowest BCUT2D eigenvalue weighted by Gasteiger charge is -2.38. The first-order chi connectivity index (χ1) is 14.4. The fourth-order valence-corrected chi connectivity index (χ4v) is 4.94. The molecular formula is C20H21F7N2O2. The van der Waals surface area contributed by atoms with E-state index in [0.717, 1.165) is 6.07 Å². The molecule has 0 unspecified atom stereocenters. The Kier molecular flexibility index (Phi) is 5.38. The number of hydrogen-bond donors (Lipinski definition) is 0. The van der Waals surface area contributed by atoms with E-state index in [4.69, 9.17) is 4.74 Å². The molecule has 1 aromatic rings. The van der Waals surface area contributed by atoms with Gasteiger partial charge in [-0.3, -0.25) is 0 Å². The molecule has 2 saturated heterocycles. The number of likely N-dealkylation sites (tertiary alicyclic amines) is 1. The van der Waals surface area contributed by atoms with Crippen LogP contribution in [-0.2, 0) is 16.8 Å². The Morgan fingerprint density at radius 1 is 0.935 bits per heavy atom. The number of fused-ring (bicyclic) bond motifs is 3. The van der Waals surface area contributed by atoms with Crippen LogP contribution in [0.5, 0.6) is 0 Å². The summed E-state index contributed by atoms with van der Waals surface area (Å²) in [6, 6.07) is 2.12. The highest BCUT2D eigenvalue weighted by atomic mass is 19.4. The van der Waals surface area contributed by atoms with Crippen molar-refractivity contribution in [2.75, 3.05) is 32.8 Å². The third kappa shape index (κ3) is 3.54. The summed E-state index contributed by atoms with van der Waals surface area (Å²) in [5.41, 5.74) is -6.03. The Labute approximate surface area is 173 Å². The minimum absolute atomic E-state index is 0.132. The molecule has 4 nitrogen and oxygen atoms in total. The number of ether oxygens (including phenoxy) is 1. The summed E-state index contributed by atoms with van der Waals surface area (Å²) in [6.45, 7) is 2.29. The molecule has 1 aliphatic carbocycles. The van der Waals surface area contributed by atoms with Gasteiger partial charge in [0, 0.05) is 37.2 Å². The normalized spacial score (nSPS) is 24.7. The molecular weight excluding hydrogens is 433 g/mol. The van der Waals surface area contributed by atoms with Crippen molar-refractivity contribution in [3.05, 3.63) is 34.9 Å². The van der Waals surface area contributed by atoms with Crippen LogP contribution in [0.4, 0.5) is 35.5 Å². The van der Waals surface area contributed by atoms with Crippen molar-refractivity contribution in [2.24, 2.45) is 0 Å². The van der Waals surface area contributed by atoms with E-state index in [1.807, 2.05) is 0 Å². The molecule has 2 atom stereocenters. The van der Waals surface area contributed by atoms with Gasteiger partial charge in [-0.05, 0) is 30.4 Å². The number of nitrogens with zero attached hydrogens (tertiary/aromatic N) is 2. The summed E-state index contributed by atoms with van der Waals surface area (Å²) in [4.78, 5) is 16.3. The third-order valence-corrected chi connectivity index (χ3v) is 6.50. The number of halogens is 7. The lowest BCUT2D eigenvalue weighted by Crippen LogP contribution is -2.51. The van der Waals surface area contributed by atoms with Crippen molar-refractivity contribution in [3.8, 4) is 0 Å². The molecule has 3 aliphatic rings. The molecule has 2 amide bonds. The number of aryl methyl sites for hydroxylation is 1. The largest absolute Gasteiger partial charge is 0.435 e. The van der Waals surface area contributed by atoms with Gasteiger partial charge >= 0.3 is 24.1 Å². The summed E-state index contributed by atoms with van der Waals surface area (Å²) in [5, 5.41) is 0. The minimum Gasteiger partial charge on any atom is -0.378 e. The molecule has 2 aliphatic heterocycles. The van der Waals surface area contributed by atoms with Gasteiger partial charge in [0.25, 0.3) is 0 Å². The maximum absolute atomic E-state index is 14.4. The molecule has 0 N–H and O–H groups in total. The highest BCUT2D eigenvalue weighted by Gasteiger charge is 2.73. The second kappa shape index (κ2) is 7.53. The van der Waals surface area contributed by atoms with Gasteiger partial charge in [-0.2, -0.15) is 26.3 Å². The summed E-state index contributed by atoms with van der Waals surface area (Å²) in [6.07, 6.45) is -11.2. The minimum atomic E-state index is -6.13. The molecule has 0 saturated carbocycles. The zero-order valence-corrected chi connectivity index (χ0v) is 16.4. The van der Waals surface area contributed by atoms with Gasteiger partial charge < -0.3 is 14.5 Å². The lowest BCUT2D eigenvalue weighted by atomic mass is 9.77. The molecule has 4 rings (SSSR count). The van der Waals surface area contributed by atoms with E-state index < -0.39 is 23.6 Å². The van der Waals surface area contributed by atoms with Crippen LogP contribution in [0.15, 0.2) is 18.2 Å². The number of benzene rings is 1. The molecule has 172 valence electrons. The standard InChI is InChI=1S/C20H21F7N2O2/c21-18(19(22,23)24,20(25,26)27)13-2-3-14-12(11-13)1-4-16-15(14)5-6-29(16)17(30)28-7-9-31-10-8-28/h2-3,11,15-16H,1,4-10H2/t15-,16+/m0/s1. The van der Waals surface area contributed by atoms with Crippen molar-refractivity contribution < 1.29 is 40.3 Å². The zero-order valence-electron chi connectivity index (χ0n) is 16.4. The SMILES string of the molecule is O=C(N1CCOCC1)N1CC[C@H]2c3ccc(C(F)(C(F)(F)F)C(F)(F)F)cc3CC[C@H]21. The first kappa shape index (κ1) is 22.2. The van der Waals surface area contributed by atoms with Gasteiger partial charge in [0.15, 0.2) is 0 Å². The Morgan fingerprint density at radius 3 is 2.19 bits per heavy atom. The number of morpholine rings is 1. The van der Waals surface area contributed by atoms with Gasteiger partial charge in [-0.1, -0.05) is 18.2 Å². The van der Waals surface area contributed by atoms with E-state index in [-0.39, 0.29) is 30.0 Å². The van der Waals surface area contributed by atoms with Crippen LogP contribution >= 0.6 is 0 Å². The number of carbonyl (C=O) groups excluding carboxylic acids is 1. The van der Waals surface area contributed by atoms with Crippen molar-refractivity contribution >= 4 is 6.03 Å². The summed E-state index contributed by atoms with van der Waals surface area (Å²) in [7, 11) is 0. The van der Waals surface area contributed by atoms with E-state index in [9.17, 15) is 35.5 Å². The van der Waals surface area contributed by atoms with E-state index in [1.54, 1.807) is 9.80 Å². The molecule has 31 heavy (non-hydrogen) atoms. The monoisotopic (exact) mass is 454 g/mol. The maximum Gasteiger partial charge on any atom is 0.435 e. The van der Waals surface area contributed by atoms with Gasteiger partial charge in [0.05, 0.1) is 13.2 Å². The molecule has 0 aromatic heterocycles. The van der Waals surface area contributed by atoms with Gasteiger partial charge in [0.1, 0.15) is 0 Å². The van der Waals surface area contributed by atoms with Crippen LogP contribution in [0.25, 0.3) is 0 Å². The fraction of sp³-hybridized carbons (Fsp3) is 0.650. The number of hydrogen-bond acceptors (Lipinski definition) is 2. The highest BCUT2D eigenvalue weighted by molar-refractivity contribution is 5.75. The third-order valence-electron chi connectivity index (χ3n) is 6.50. The molecule has 0 spiro atoms. The van der Waals surface area contributed by atoms with Crippen LogP contribution in [0.2, 0.25) is 0 Å². The molecule has 0 bridgehead atoms. The average Bonchev–Trinajstić information content (AvgIpc) is 3.15. The Bertz CT molecular complexity index is 835. The molecule has 2 heterocycles. The number of rotatable bonds is 1. The predicted octanol–water partition coefficient (Wildman–Crippen LogP) is 4.53. The van der Waals surface area contributed by atoms with E-state index in [0.29, 0.717) is 63.4 Å². The Morgan fingerprint density at radius 2 is 1.58 bits per heavy atom. The smallest absolute Gasteiger partial charge is 0.378 e. The number of carbonyl (C=O) groups is 1. The fourth-order valence-electron chi connectivity index (χ4n) is 4.94. The van der Waals surface area contributed by atoms with Crippen LogP contribution < -0.4 is 0 Å². The van der Waals surface area contributed by atoms with Crippen LogP contribution in [0.1, 0.15) is 35.4 Å². The molecule has 11 heteroatoms. The Balaban J connectivity index is 1.61. The van der Waals surface area contributed by atoms with Crippen molar-refractivity contribution in [2.45, 2.75) is 49.2 Å². The maximum atomic E-state index is 14.4. The van der Waals surface area contributed by atoms with Crippen molar-refractivity contribution in [1.82, 2.24) is 9.80 Å². The van der Waals surface area contributed by atoms with E-state index >= 15 is 0 Å².